The number of benzene rings is 2. The highest BCUT2D eigenvalue weighted by Crippen LogP contribution is 2.46. The van der Waals surface area contributed by atoms with Gasteiger partial charge in [0.15, 0.2) is 0 Å². The maximum Gasteiger partial charge on any atom is 0.327 e. The van der Waals surface area contributed by atoms with Crippen LogP contribution in [0.1, 0.15) is 72.5 Å². The van der Waals surface area contributed by atoms with Gasteiger partial charge in [-0.3, -0.25) is 9.52 Å². The maximum absolute atomic E-state index is 14.2. The SMILES string of the molecule is Cc1ccc2c(c1)CCC[C@]21COc2ccc3cc2N(C[C@@H]2CC[C@H]2[C@@H](O)/C=C/C[C@H](C)CS(=O)(NC(=O)N[C@H]2C[C@@H]2C(F)F)=NC3=O)C1. The Bertz CT molecular complexity index is 1780. The number of carbonyl (C=O) groups excluding carboxylic acids is 2. The summed E-state index contributed by atoms with van der Waals surface area (Å²) >= 11 is 0. The minimum absolute atomic E-state index is 0.0817. The molecule has 7 rings (SSSR count). The van der Waals surface area contributed by atoms with Gasteiger partial charge in [-0.25, -0.2) is 17.8 Å². The Morgan fingerprint density at radius 3 is 2.80 bits per heavy atom. The van der Waals surface area contributed by atoms with Crippen LogP contribution in [0.5, 0.6) is 5.75 Å². The third kappa shape index (κ3) is 7.08. The molecule has 5 aliphatic rings. The number of amides is 3. The number of aliphatic hydroxyl groups excluding tert-OH is 1. The third-order valence-electron chi connectivity index (χ3n) is 11.2. The van der Waals surface area contributed by atoms with Crippen LogP contribution in [-0.2, 0) is 21.8 Å². The van der Waals surface area contributed by atoms with Crippen molar-refractivity contribution < 1.29 is 32.4 Å². The van der Waals surface area contributed by atoms with Crippen LogP contribution in [0.2, 0.25) is 0 Å². The van der Waals surface area contributed by atoms with E-state index in [0.29, 0.717) is 31.9 Å². The first kappa shape index (κ1) is 34.0. The minimum atomic E-state index is -3.66. The van der Waals surface area contributed by atoms with Gasteiger partial charge in [0.2, 0.25) is 6.43 Å². The van der Waals surface area contributed by atoms with Gasteiger partial charge in [0.1, 0.15) is 15.7 Å². The van der Waals surface area contributed by atoms with Crippen LogP contribution >= 0.6 is 0 Å². The molecule has 1 spiro atoms. The molecule has 0 saturated heterocycles. The van der Waals surface area contributed by atoms with E-state index in [4.69, 9.17) is 4.74 Å². The van der Waals surface area contributed by atoms with Gasteiger partial charge in [-0.05, 0) is 98.9 Å². The van der Waals surface area contributed by atoms with Crippen LogP contribution in [0, 0.1) is 30.6 Å². The van der Waals surface area contributed by atoms with Crippen molar-refractivity contribution in [3.8, 4) is 5.75 Å². The molecule has 2 aromatic carbocycles. The van der Waals surface area contributed by atoms with Crippen LogP contribution in [0.15, 0.2) is 52.9 Å². The summed E-state index contributed by atoms with van der Waals surface area (Å²) in [5, 5.41) is 13.7. The number of ether oxygens (including phenoxy) is 1. The largest absolute Gasteiger partial charge is 0.490 e. The summed E-state index contributed by atoms with van der Waals surface area (Å²) in [6.45, 7) is 5.79. The lowest BCUT2D eigenvalue weighted by molar-refractivity contribution is 0.0456. The van der Waals surface area contributed by atoms with Crippen molar-refractivity contribution in [2.24, 2.45) is 28.0 Å². The number of nitrogens with one attached hydrogen (secondary N) is 2. The van der Waals surface area contributed by atoms with Gasteiger partial charge in [-0.2, -0.15) is 0 Å². The number of alkyl halides is 2. The summed E-state index contributed by atoms with van der Waals surface area (Å²) < 4.78 is 53.4. The van der Waals surface area contributed by atoms with Crippen molar-refractivity contribution in [2.75, 3.05) is 30.3 Å². The van der Waals surface area contributed by atoms with Crippen molar-refractivity contribution in [1.29, 1.82) is 0 Å². The minimum Gasteiger partial charge on any atom is -0.490 e. The lowest BCUT2D eigenvalue weighted by Gasteiger charge is -2.45. The highest BCUT2D eigenvalue weighted by molar-refractivity contribution is 7.92. The molecule has 2 saturated carbocycles. The first-order valence-corrected chi connectivity index (χ1v) is 19.2. The van der Waals surface area contributed by atoms with Gasteiger partial charge in [-0.1, -0.05) is 42.8 Å². The average molecular weight is 697 g/mol. The Labute approximate surface area is 287 Å². The number of rotatable bonds is 3. The highest BCUT2D eigenvalue weighted by atomic mass is 32.2. The number of urea groups is 1. The number of fused-ring (bicyclic) bond motifs is 4. The van der Waals surface area contributed by atoms with E-state index in [1.165, 1.54) is 16.7 Å². The summed E-state index contributed by atoms with van der Waals surface area (Å²) in [7, 11) is -3.66. The molecular formula is C37H46F2N4O5S. The maximum atomic E-state index is 14.2. The van der Waals surface area contributed by atoms with Crippen molar-refractivity contribution in [3.63, 3.8) is 0 Å². The highest BCUT2D eigenvalue weighted by Gasteiger charge is 2.46. The second-order valence-corrected chi connectivity index (χ2v) is 17.0. The van der Waals surface area contributed by atoms with E-state index < -0.39 is 46.3 Å². The molecule has 2 aliphatic heterocycles. The van der Waals surface area contributed by atoms with Gasteiger partial charge in [0, 0.05) is 36.0 Å². The molecule has 2 heterocycles. The van der Waals surface area contributed by atoms with E-state index in [-0.39, 0.29) is 40.9 Å². The van der Waals surface area contributed by atoms with Crippen molar-refractivity contribution in [2.45, 2.75) is 82.8 Å². The molecule has 9 nitrogen and oxygen atoms in total. The summed E-state index contributed by atoms with van der Waals surface area (Å²) in [5.41, 5.74) is 4.57. The first-order chi connectivity index (χ1) is 23.4. The fourth-order valence-corrected chi connectivity index (χ4v) is 10.1. The molecule has 0 aromatic heterocycles. The van der Waals surface area contributed by atoms with Crippen LogP contribution in [0.25, 0.3) is 0 Å². The lowest BCUT2D eigenvalue weighted by Crippen LogP contribution is -2.49. The van der Waals surface area contributed by atoms with Crippen LogP contribution in [0.3, 0.4) is 0 Å². The van der Waals surface area contributed by atoms with Gasteiger partial charge in [-0.15, -0.1) is 4.36 Å². The normalized spacial score (nSPS) is 34.7. The number of allylic oxidation sites excluding steroid dienone is 1. The van der Waals surface area contributed by atoms with Crippen LogP contribution in [0.4, 0.5) is 19.3 Å². The number of aryl methyl sites for hydroxylation is 2. The Balaban J connectivity index is 1.25. The standard InChI is InChI=1S/C37H46F2N4O5S/c1-22-8-12-29-24(15-22)6-4-14-37(29)20-43-18-26-9-11-27(26)32(44)7-3-5-23(2)19-49(47,42-36(46)40-30-17-28(30)34(38)39)41-35(45)25-10-13-33(48-21-37)31(43)16-25/h3,7-8,10,12-13,15-16,23,26-28,30,32,34,44H,4-6,9,11,14,17-21H2,1-2H3,(H2,40,41,42,45,46,47)/b7-3+/t23-,26-,27+,28-,30-,32-,37-,49?/m0/s1. The molecule has 2 fully saturated rings. The molecule has 3 N–H and O–H groups in total. The number of anilines is 1. The predicted molar refractivity (Wildman–Crippen MR) is 184 cm³/mol. The average Bonchev–Trinajstić information content (AvgIpc) is 3.81. The molecule has 49 heavy (non-hydrogen) atoms. The van der Waals surface area contributed by atoms with Crippen molar-refractivity contribution >= 4 is 27.5 Å². The van der Waals surface area contributed by atoms with Gasteiger partial charge < -0.3 is 20.1 Å². The second kappa shape index (κ2) is 13.3. The van der Waals surface area contributed by atoms with Gasteiger partial charge in [0.05, 0.1) is 24.2 Å². The predicted octanol–water partition coefficient (Wildman–Crippen LogP) is 5.93. The second-order valence-electron chi connectivity index (χ2n) is 15.0. The fraction of sp³-hybridized carbons (Fsp3) is 0.568. The summed E-state index contributed by atoms with van der Waals surface area (Å²) in [6, 6.07) is 10.2. The topological polar surface area (TPSA) is 120 Å². The summed E-state index contributed by atoms with van der Waals surface area (Å²) in [6.07, 6.45) is 5.97. The molecule has 3 aliphatic carbocycles. The number of hydrogen-bond acceptors (Lipinski definition) is 6. The molecule has 264 valence electrons. The summed E-state index contributed by atoms with van der Waals surface area (Å²) in [5.74, 6) is -1.12. The van der Waals surface area contributed by atoms with E-state index in [1.807, 2.05) is 13.0 Å². The molecule has 12 heteroatoms. The Morgan fingerprint density at radius 2 is 2.04 bits per heavy atom. The van der Waals surface area contributed by atoms with Crippen LogP contribution < -0.4 is 19.7 Å². The molecule has 1 unspecified atom stereocenters. The number of nitrogens with zero attached hydrogens (tertiary/aromatic N) is 2. The Hall–Kier alpha value is -3.51. The van der Waals surface area contributed by atoms with Crippen molar-refractivity contribution in [3.05, 3.63) is 70.8 Å². The Morgan fingerprint density at radius 1 is 1.20 bits per heavy atom. The zero-order chi connectivity index (χ0) is 34.5. The zero-order valence-electron chi connectivity index (χ0n) is 28.1. The van der Waals surface area contributed by atoms with E-state index in [0.717, 1.165) is 37.8 Å². The molecule has 0 radical (unpaired) electrons. The Kier molecular flexibility index (Phi) is 9.23. The van der Waals surface area contributed by atoms with E-state index in [9.17, 15) is 27.7 Å². The number of aliphatic hydroxyl groups is 1. The zero-order valence-corrected chi connectivity index (χ0v) is 28.9. The number of carbonyl (C=O) groups is 2. The molecule has 2 aromatic rings. The van der Waals surface area contributed by atoms with E-state index in [2.05, 4.69) is 44.4 Å². The van der Waals surface area contributed by atoms with Gasteiger partial charge >= 0.3 is 6.03 Å². The first-order valence-electron chi connectivity index (χ1n) is 17.5. The smallest absolute Gasteiger partial charge is 0.327 e. The number of hydrogen-bond donors (Lipinski definition) is 3. The molecular weight excluding hydrogens is 650 g/mol. The van der Waals surface area contributed by atoms with E-state index in [1.54, 1.807) is 24.3 Å². The monoisotopic (exact) mass is 696 g/mol. The lowest BCUT2D eigenvalue weighted by atomic mass is 9.68. The molecule has 8 atom stereocenters. The molecule has 3 amide bonds. The number of halogens is 2. The van der Waals surface area contributed by atoms with E-state index >= 15 is 0 Å². The van der Waals surface area contributed by atoms with Crippen molar-refractivity contribution in [1.82, 2.24) is 10.0 Å². The van der Waals surface area contributed by atoms with Gasteiger partial charge in [0.25, 0.3) is 5.91 Å². The fourth-order valence-electron chi connectivity index (χ4n) is 8.30. The summed E-state index contributed by atoms with van der Waals surface area (Å²) in [4.78, 5) is 29.0. The van der Waals surface area contributed by atoms with Crippen LogP contribution in [-0.4, -0.2) is 65.3 Å². The molecule has 2 bridgehead atoms. The quantitative estimate of drug-likeness (QED) is 0.343. The third-order valence-corrected chi connectivity index (χ3v) is 13.2.